The molecule has 2 atom stereocenters. The number of carbonyl (C=O) groups excluding carboxylic acids is 1. The Bertz CT molecular complexity index is 636. The lowest BCUT2D eigenvalue weighted by atomic mass is 10.1. The summed E-state index contributed by atoms with van der Waals surface area (Å²) in [4.78, 5) is 18.8. The van der Waals surface area contributed by atoms with Gasteiger partial charge in [-0.2, -0.15) is 0 Å². The smallest absolute Gasteiger partial charge is 0.254 e. The number of ether oxygens (including phenoxy) is 1. The van der Waals surface area contributed by atoms with Crippen molar-refractivity contribution in [3.8, 4) is 0 Å². The summed E-state index contributed by atoms with van der Waals surface area (Å²) >= 11 is 0. The van der Waals surface area contributed by atoms with E-state index in [1.54, 1.807) is 7.05 Å². The van der Waals surface area contributed by atoms with Crippen LogP contribution < -0.4 is 10.6 Å². The quantitative estimate of drug-likeness (QED) is 0.382. The van der Waals surface area contributed by atoms with E-state index in [-0.39, 0.29) is 42.1 Å². The number of benzene rings is 1. The molecule has 0 radical (unpaired) electrons. The van der Waals surface area contributed by atoms with Crippen molar-refractivity contribution in [1.29, 1.82) is 0 Å². The number of rotatable bonds is 5. The number of nitrogens with one attached hydrogen (secondary N) is 2. The molecule has 2 unspecified atom stereocenters. The number of hydrogen-bond donors (Lipinski definition) is 2. The van der Waals surface area contributed by atoms with Gasteiger partial charge in [-0.05, 0) is 50.3 Å². The third-order valence-corrected chi connectivity index (χ3v) is 4.85. The Hall–Kier alpha value is -1.35. The van der Waals surface area contributed by atoms with Crippen LogP contribution in [0.3, 0.4) is 0 Å². The van der Waals surface area contributed by atoms with Gasteiger partial charge in [0.05, 0.1) is 12.2 Å². The third-order valence-electron chi connectivity index (χ3n) is 4.85. The van der Waals surface area contributed by atoms with E-state index >= 15 is 0 Å². The summed E-state index contributed by atoms with van der Waals surface area (Å²) in [5.74, 6) is 1.71. The number of nitrogens with zero attached hydrogens (tertiary/aromatic N) is 2. The molecular weight excluding hydrogens is 455 g/mol. The summed E-state index contributed by atoms with van der Waals surface area (Å²) in [6.07, 6.45) is 2.81. The lowest BCUT2D eigenvalue weighted by Crippen LogP contribution is -2.48. The van der Waals surface area contributed by atoms with Gasteiger partial charge in [-0.3, -0.25) is 9.79 Å². The molecule has 2 aliphatic rings. The van der Waals surface area contributed by atoms with Gasteiger partial charge in [-0.1, -0.05) is 12.1 Å². The van der Waals surface area contributed by atoms with Gasteiger partial charge in [-0.15, -0.1) is 24.0 Å². The first kappa shape index (κ1) is 21.9. The molecule has 1 aliphatic heterocycles. The van der Waals surface area contributed by atoms with Gasteiger partial charge in [0.25, 0.3) is 5.91 Å². The Balaban J connectivity index is 0.00000261. The average molecular weight is 486 g/mol. The van der Waals surface area contributed by atoms with Gasteiger partial charge in [0, 0.05) is 38.8 Å². The second kappa shape index (κ2) is 10.3. The molecule has 0 bridgehead atoms. The van der Waals surface area contributed by atoms with Crippen LogP contribution in [0.5, 0.6) is 0 Å². The van der Waals surface area contributed by atoms with Crippen LogP contribution in [0.15, 0.2) is 29.3 Å². The normalized spacial score (nSPS) is 22.8. The summed E-state index contributed by atoms with van der Waals surface area (Å²) in [5.41, 5.74) is 1.85. The molecule has 1 saturated carbocycles. The summed E-state index contributed by atoms with van der Waals surface area (Å²) in [6.45, 7) is 6.99. The van der Waals surface area contributed by atoms with Crippen LogP contribution in [0, 0.1) is 5.92 Å². The second-order valence-corrected chi connectivity index (χ2v) is 7.41. The molecular formula is C20H31IN4O2. The number of hydrogen-bond acceptors (Lipinski definition) is 3. The molecule has 7 heteroatoms. The van der Waals surface area contributed by atoms with Gasteiger partial charge >= 0.3 is 0 Å². The van der Waals surface area contributed by atoms with Crippen LogP contribution in [0.4, 0.5) is 0 Å². The molecule has 1 saturated heterocycles. The SMILES string of the molecule is CN=C(NCc1ccc(C(=O)N2CC(C)OC(C)C2)cc1)NCC1CC1.I. The van der Waals surface area contributed by atoms with E-state index in [1.807, 2.05) is 43.0 Å². The minimum atomic E-state index is 0. The predicted octanol–water partition coefficient (Wildman–Crippen LogP) is 2.63. The molecule has 2 N–H and O–H groups in total. The maximum atomic E-state index is 12.7. The number of morpholine rings is 1. The Morgan fingerprint density at radius 2 is 1.78 bits per heavy atom. The summed E-state index contributed by atoms with van der Waals surface area (Å²) in [6, 6.07) is 7.82. The summed E-state index contributed by atoms with van der Waals surface area (Å²) < 4.78 is 5.71. The maximum absolute atomic E-state index is 12.7. The number of guanidine groups is 1. The van der Waals surface area contributed by atoms with Gasteiger partial charge in [0.2, 0.25) is 0 Å². The first-order valence-electron chi connectivity index (χ1n) is 9.53. The molecule has 1 aromatic carbocycles. The van der Waals surface area contributed by atoms with Crippen molar-refractivity contribution < 1.29 is 9.53 Å². The van der Waals surface area contributed by atoms with Gasteiger partial charge in [-0.25, -0.2) is 0 Å². The lowest BCUT2D eigenvalue weighted by molar-refractivity contribution is -0.0586. The zero-order valence-corrected chi connectivity index (χ0v) is 18.7. The number of amides is 1. The van der Waals surface area contributed by atoms with Gasteiger partial charge in [0.1, 0.15) is 0 Å². The van der Waals surface area contributed by atoms with E-state index in [4.69, 9.17) is 4.74 Å². The highest BCUT2D eigenvalue weighted by Crippen LogP contribution is 2.27. The monoisotopic (exact) mass is 486 g/mol. The molecule has 0 spiro atoms. The molecule has 1 aliphatic carbocycles. The van der Waals surface area contributed by atoms with Gasteiger partial charge in [0.15, 0.2) is 5.96 Å². The van der Waals surface area contributed by atoms with E-state index in [0.717, 1.165) is 29.5 Å². The fraction of sp³-hybridized carbons (Fsp3) is 0.600. The minimum Gasteiger partial charge on any atom is -0.372 e. The Kier molecular flexibility index (Phi) is 8.34. The molecule has 1 heterocycles. The molecule has 0 aromatic heterocycles. The van der Waals surface area contributed by atoms with Crippen LogP contribution in [0.1, 0.15) is 42.6 Å². The van der Waals surface area contributed by atoms with Crippen LogP contribution in [-0.2, 0) is 11.3 Å². The summed E-state index contributed by atoms with van der Waals surface area (Å²) in [7, 11) is 1.79. The second-order valence-electron chi connectivity index (χ2n) is 7.41. The number of aliphatic imine (C=N–C) groups is 1. The molecule has 1 amide bonds. The molecule has 150 valence electrons. The van der Waals surface area contributed by atoms with Gasteiger partial charge < -0.3 is 20.3 Å². The highest BCUT2D eigenvalue weighted by Gasteiger charge is 2.26. The van der Waals surface area contributed by atoms with E-state index in [0.29, 0.717) is 19.6 Å². The Morgan fingerprint density at radius 1 is 1.15 bits per heavy atom. The maximum Gasteiger partial charge on any atom is 0.254 e. The van der Waals surface area contributed by atoms with E-state index in [1.165, 1.54) is 12.8 Å². The molecule has 27 heavy (non-hydrogen) atoms. The fourth-order valence-corrected chi connectivity index (χ4v) is 3.26. The van der Waals surface area contributed by atoms with E-state index in [2.05, 4.69) is 15.6 Å². The zero-order chi connectivity index (χ0) is 18.5. The van der Waals surface area contributed by atoms with Crippen molar-refractivity contribution in [3.63, 3.8) is 0 Å². The third kappa shape index (κ3) is 6.64. The highest BCUT2D eigenvalue weighted by atomic mass is 127. The first-order chi connectivity index (χ1) is 12.5. The number of halogens is 1. The van der Waals surface area contributed by atoms with Crippen molar-refractivity contribution in [1.82, 2.24) is 15.5 Å². The molecule has 6 nitrogen and oxygen atoms in total. The number of carbonyl (C=O) groups is 1. The van der Waals surface area contributed by atoms with Crippen LogP contribution in [-0.4, -0.2) is 55.7 Å². The van der Waals surface area contributed by atoms with Crippen molar-refractivity contribution >= 4 is 35.8 Å². The largest absolute Gasteiger partial charge is 0.372 e. The van der Waals surface area contributed by atoms with Crippen molar-refractivity contribution in [2.75, 3.05) is 26.7 Å². The fourth-order valence-electron chi connectivity index (χ4n) is 3.26. The van der Waals surface area contributed by atoms with E-state index in [9.17, 15) is 4.79 Å². The molecule has 2 fully saturated rings. The van der Waals surface area contributed by atoms with Crippen LogP contribution >= 0.6 is 24.0 Å². The predicted molar refractivity (Wildman–Crippen MR) is 119 cm³/mol. The molecule has 3 rings (SSSR count). The molecule has 1 aromatic rings. The average Bonchev–Trinajstić information content (AvgIpc) is 3.45. The van der Waals surface area contributed by atoms with Crippen molar-refractivity contribution in [3.05, 3.63) is 35.4 Å². The Labute approximate surface area is 179 Å². The van der Waals surface area contributed by atoms with Crippen LogP contribution in [0.2, 0.25) is 0 Å². The lowest BCUT2D eigenvalue weighted by Gasteiger charge is -2.35. The Morgan fingerprint density at radius 3 is 2.33 bits per heavy atom. The standard InChI is InChI=1S/C20H30N4O2.HI/c1-14-12-24(13-15(2)26-14)19(25)18-8-6-17(7-9-18)11-23-20(21-3)22-10-16-4-5-16;/h6-9,14-16H,4-5,10-13H2,1-3H3,(H2,21,22,23);1H. The summed E-state index contributed by atoms with van der Waals surface area (Å²) in [5, 5.41) is 6.67. The van der Waals surface area contributed by atoms with E-state index < -0.39 is 0 Å². The first-order valence-corrected chi connectivity index (χ1v) is 9.53. The van der Waals surface area contributed by atoms with Crippen molar-refractivity contribution in [2.24, 2.45) is 10.9 Å². The topological polar surface area (TPSA) is 66.0 Å². The van der Waals surface area contributed by atoms with Crippen molar-refractivity contribution in [2.45, 2.75) is 45.4 Å². The zero-order valence-electron chi connectivity index (χ0n) is 16.4. The minimum absolute atomic E-state index is 0. The highest BCUT2D eigenvalue weighted by molar-refractivity contribution is 14.0. The van der Waals surface area contributed by atoms with Crippen LogP contribution in [0.25, 0.3) is 0 Å².